The number of nitrogens with zero attached hydrogens (tertiary/aromatic N) is 2. The Balaban J connectivity index is 1.44. The normalized spacial score (nSPS) is 32.5. The van der Waals surface area contributed by atoms with Crippen LogP contribution in [0.15, 0.2) is 35.9 Å². The summed E-state index contributed by atoms with van der Waals surface area (Å²) in [5.74, 6) is -2.41. The quantitative estimate of drug-likeness (QED) is 0.186. The number of benzene rings is 1. The molecule has 0 aliphatic carbocycles. The van der Waals surface area contributed by atoms with Crippen LogP contribution in [0.25, 0.3) is 0 Å². The van der Waals surface area contributed by atoms with Crippen LogP contribution in [-0.4, -0.2) is 127 Å². The highest BCUT2D eigenvalue weighted by Gasteiger charge is 2.64. The Labute approximate surface area is 340 Å². The van der Waals surface area contributed by atoms with Crippen molar-refractivity contribution in [2.24, 2.45) is 5.92 Å². The predicted molar refractivity (Wildman–Crippen MR) is 210 cm³/mol. The number of fused-ring (bicyclic) bond motifs is 5. The third-order valence-electron chi connectivity index (χ3n) is 11.1. The van der Waals surface area contributed by atoms with Crippen LogP contribution in [0.2, 0.25) is 5.02 Å². The van der Waals surface area contributed by atoms with E-state index in [1.807, 2.05) is 13.0 Å². The number of hydrogen-bond donors (Lipinski definition) is 3. The highest BCUT2D eigenvalue weighted by Crippen LogP contribution is 2.49. The van der Waals surface area contributed by atoms with E-state index in [0.29, 0.717) is 17.9 Å². The molecule has 4 aliphatic heterocycles. The lowest BCUT2D eigenvalue weighted by atomic mass is 9.83. The fourth-order valence-electron chi connectivity index (χ4n) is 7.35. The molecule has 4 bridgehead atoms. The van der Waals surface area contributed by atoms with Gasteiger partial charge in [-0.3, -0.25) is 29.8 Å². The molecule has 16 nitrogen and oxygen atoms in total. The van der Waals surface area contributed by atoms with Crippen LogP contribution in [-0.2, 0) is 49.3 Å². The standard InChI is InChI=1S/C39H51ClN4O12S/c1-20-10-9-11-28(53-8)39(51)19-26(54-37(50)42-39)21(2)34-38(4,56-34)29(18-32(47)44(6)24-15-23(14-20)16-25(52-7)33(24)40)55-36(49)22(3)43(5)31(46)12-13-57-27-17-30(45)41-35(27)48/h9-11,15-16,21-22,26-29,34,51H,12-14,17-19H2,1-8H3,(H,42,50)(H,41,45,48)/b11-9+,20-10+/t21-,22+,26?,27?,28-,29+,34+,38+,39+/m1/s1. The summed E-state index contributed by atoms with van der Waals surface area (Å²) in [4.78, 5) is 80.1. The van der Waals surface area contributed by atoms with Gasteiger partial charge < -0.3 is 38.6 Å². The van der Waals surface area contributed by atoms with Crippen LogP contribution in [0.1, 0.15) is 58.9 Å². The zero-order valence-corrected chi connectivity index (χ0v) is 34.9. The fraction of sp³-hybridized carbons (Fsp3) is 0.590. The van der Waals surface area contributed by atoms with Crippen molar-refractivity contribution >= 4 is 64.7 Å². The number of imide groups is 1. The molecule has 57 heavy (non-hydrogen) atoms. The monoisotopic (exact) mass is 834 g/mol. The number of carbonyl (C=O) groups is 6. The van der Waals surface area contributed by atoms with E-state index in [4.69, 9.17) is 35.3 Å². The number of methoxy groups -OCH3 is 2. The van der Waals surface area contributed by atoms with E-state index in [2.05, 4.69) is 10.6 Å². The van der Waals surface area contributed by atoms with Gasteiger partial charge in [-0.15, -0.1) is 11.8 Å². The molecule has 312 valence electrons. The molecule has 5 amide bonds. The zero-order valence-electron chi connectivity index (χ0n) is 33.3. The molecule has 4 aliphatic rings. The van der Waals surface area contributed by atoms with Crippen molar-refractivity contribution < 1.29 is 57.6 Å². The number of anilines is 1. The third-order valence-corrected chi connectivity index (χ3v) is 12.7. The van der Waals surface area contributed by atoms with Crippen LogP contribution in [0.3, 0.4) is 0 Å². The lowest BCUT2D eigenvalue weighted by molar-refractivity contribution is -0.162. The van der Waals surface area contributed by atoms with E-state index in [9.17, 15) is 33.9 Å². The van der Waals surface area contributed by atoms with Gasteiger partial charge in [0.1, 0.15) is 40.7 Å². The van der Waals surface area contributed by atoms with Crippen molar-refractivity contribution in [3.63, 3.8) is 0 Å². The molecular weight excluding hydrogens is 784 g/mol. The van der Waals surface area contributed by atoms with Crippen molar-refractivity contribution in [3.05, 3.63) is 46.5 Å². The summed E-state index contributed by atoms with van der Waals surface area (Å²) in [5, 5.41) is 16.1. The van der Waals surface area contributed by atoms with Crippen molar-refractivity contribution in [1.82, 2.24) is 15.5 Å². The first-order chi connectivity index (χ1) is 26.8. The first-order valence-corrected chi connectivity index (χ1v) is 20.0. The summed E-state index contributed by atoms with van der Waals surface area (Å²) in [6.45, 7) is 6.86. The molecule has 0 saturated carbocycles. The Kier molecular flexibility index (Phi) is 13.7. The summed E-state index contributed by atoms with van der Waals surface area (Å²) in [6, 6.07) is 2.45. The highest BCUT2D eigenvalue weighted by atomic mass is 35.5. The summed E-state index contributed by atoms with van der Waals surface area (Å²) in [7, 11) is 5.88. The number of allylic oxidation sites excluding steroid dienone is 3. The average molecular weight is 835 g/mol. The van der Waals surface area contributed by atoms with Gasteiger partial charge in [0.25, 0.3) is 0 Å². The molecule has 1 aromatic carbocycles. The Morgan fingerprint density at radius 2 is 1.91 bits per heavy atom. The summed E-state index contributed by atoms with van der Waals surface area (Å²) in [6.07, 6.45) is 0.609. The third kappa shape index (κ3) is 9.76. The van der Waals surface area contributed by atoms with Crippen LogP contribution in [0.4, 0.5) is 10.5 Å². The minimum atomic E-state index is -1.86. The van der Waals surface area contributed by atoms with Gasteiger partial charge in [-0.25, -0.2) is 9.59 Å². The molecule has 18 heteroatoms. The SMILES string of the molecule is COc1cc2cc(c1Cl)N(C)C(=O)C[C@H](OC(=O)[C@H](C)N(C)C(=O)CCSC1CC(=O)NC1=O)[C@]1(C)O[C@H]1[C@H](C)C1C[C@@](O)(NC(=O)O1)[C@H](OC)/C=C/C=C(\C)C2. The predicted octanol–water partition coefficient (Wildman–Crippen LogP) is 3.05. The highest BCUT2D eigenvalue weighted by molar-refractivity contribution is 8.00. The maximum atomic E-state index is 14.2. The van der Waals surface area contributed by atoms with Crippen molar-refractivity contribution in [2.45, 2.75) is 107 Å². The average Bonchev–Trinajstić information content (AvgIpc) is 3.75. The second kappa shape index (κ2) is 17.8. The molecule has 3 N–H and O–H groups in total. The van der Waals surface area contributed by atoms with Gasteiger partial charge in [0, 0.05) is 52.1 Å². The minimum absolute atomic E-state index is 0.0104. The van der Waals surface area contributed by atoms with E-state index in [-0.39, 0.29) is 42.4 Å². The van der Waals surface area contributed by atoms with E-state index in [0.717, 1.165) is 11.1 Å². The lowest BCUT2D eigenvalue weighted by Gasteiger charge is -2.42. The Morgan fingerprint density at radius 1 is 1.19 bits per heavy atom. The van der Waals surface area contributed by atoms with Crippen molar-refractivity contribution in [1.29, 1.82) is 0 Å². The number of carbonyl (C=O) groups excluding carboxylic acids is 6. The van der Waals surface area contributed by atoms with E-state index in [1.165, 1.54) is 49.8 Å². The van der Waals surface area contributed by atoms with E-state index < -0.39 is 82.7 Å². The fourth-order valence-corrected chi connectivity index (χ4v) is 8.72. The molecule has 3 fully saturated rings. The number of alkyl carbamates (subject to hydrolysis) is 1. The molecule has 3 saturated heterocycles. The topological polar surface area (TPSA) is 203 Å². The first kappa shape index (κ1) is 44.0. The maximum Gasteiger partial charge on any atom is 0.409 e. The zero-order chi connectivity index (χ0) is 42.0. The number of hydrogen-bond acceptors (Lipinski definition) is 13. The lowest BCUT2D eigenvalue weighted by Crippen LogP contribution is -2.63. The van der Waals surface area contributed by atoms with Gasteiger partial charge in [0.2, 0.25) is 23.6 Å². The van der Waals surface area contributed by atoms with Gasteiger partial charge in [0.15, 0.2) is 5.72 Å². The number of ether oxygens (including phenoxy) is 5. The molecule has 0 radical (unpaired) electrons. The molecule has 2 unspecified atom stereocenters. The number of amides is 5. The number of nitrogens with one attached hydrogen (secondary N) is 2. The summed E-state index contributed by atoms with van der Waals surface area (Å²) in [5.41, 5.74) is -1.08. The van der Waals surface area contributed by atoms with E-state index in [1.54, 1.807) is 45.2 Å². The molecule has 9 atom stereocenters. The Hall–Kier alpha value is -4.16. The number of aliphatic hydroxyl groups is 1. The smallest absolute Gasteiger partial charge is 0.409 e. The van der Waals surface area contributed by atoms with Gasteiger partial charge in [-0.2, -0.15) is 0 Å². The van der Waals surface area contributed by atoms with Crippen molar-refractivity contribution in [2.75, 3.05) is 39.0 Å². The molecular formula is C39H51ClN4O12S. The van der Waals surface area contributed by atoms with E-state index >= 15 is 0 Å². The second-order valence-electron chi connectivity index (χ2n) is 15.1. The summed E-state index contributed by atoms with van der Waals surface area (Å²) < 4.78 is 29.2. The van der Waals surface area contributed by atoms with Gasteiger partial charge >= 0.3 is 12.1 Å². The Morgan fingerprint density at radius 3 is 2.56 bits per heavy atom. The number of likely N-dealkylation sites (N-methyl/N-ethyl adjacent to an activating group) is 1. The molecule has 0 aromatic heterocycles. The molecule has 4 heterocycles. The summed E-state index contributed by atoms with van der Waals surface area (Å²) >= 11 is 7.94. The Bertz CT molecular complexity index is 1840. The van der Waals surface area contributed by atoms with Crippen LogP contribution < -0.4 is 20.3 Å². The van der Waals surface area contributed by atoms with Gasteiger partial charge in [-0.05, 0) is 44.9 Å². The molecule has 1 aromatic rings. The molecule has 5 rings (SSSR count). The minimum Gasteiger partial charge on any atom is -0.495 e. The van der Waals surface area contributed by atoms with Crippen LogP contribution in [0.5, 0.6) is 5.75 Å². The van der Waals surface area contributed by atoms with Crippen LogP contribution >= 0.6 is 23.4 Å². The van der Waals surface area contributed by atoms with Gasteiger partial charge in [0.05, 0.1) is 30.6 Å². The van der Waals surface area contributed by atoms with Crippen molar-refractivity contribution in [3.8, 4) is 5.75 Å². The number of esters is 1. The molecule has 0 spiro atoms. The largest absolute Gasteiger partial charge is 0.495 e. The number of halogens is 1. The number of epoxide rings is 1. The van der Waals surface area contributed by atoms with Crippen LogP contribution in [0, 0.1) is 5.92 Å². The first-order valence-electron chi connectivity index (χ1n) is 18.6. The number of rotatable bonds is 9. The van der Waals surface area contributed by atoms with Gasteiger partial charge in [-0.1, -0.05) is 42.3 Å². The maximum absolute atomic E-state index is 14.2. The number of thioether (sulfide) groups is 1. The second-order valence-corrected chi connectivity index (χ2v) is 16.8.